The van der Waals surface area contributed by atoms with Crippen molar-refractivity contribution in [3.8, 4) is 0 Å². The van der Waals surface area contributed by atoms with Crippen molar-refractivity contribution in [3.63, 3.8) is 0 Å². The molecule has 1 aromatic heterocycles. The van der Waals surface area contributed by atoms with Gasteiger partial charge in [0.1, 0.15) is 0 Å². The van der Waals surface area contributed by atoms with E-state index in [9.17, 15) is 0 Å². The summed E-state index contributed by atoms with van der Waals surface area (Å²) < 4.78 is 1.96. The number of halogens is 1. The number of aryl methyl sites for hydroxylation is 1. The zero-order chi connectivity index (χ0) is 12.3. The fraction of sp³-hybridized carbons (Fsp3) is 0.769. The van der Waals surface area contributed by atoms with Gasteiger partial charge in [0, 0.05) is 13.0 Å². The molecule has 1 fully saturated rings. The van der Waals surface area contributed by atoms with Gasteiger partial charge in [0.2, 0.25) is 0 Å². The molecule has 17 heavy (non-hydrogen) atoms. The van der Waals surface area contributed by atoms with E-state index >= 15 is 0 Å². The summed E-state index contributed by atoms with van der Waals surface area (Å²) in [7, 11) is 2.00. The van der Waals surface area contributed by atoms with E-state index < -0.39 is 0 Å². The first-order valence-corrected chi connectivity index (χ1v) is 7.00. The highest BCUT2D eigenvalue weighted by molar-refractivity contribution is 6.31. The summed E-state index contributed by atoms with van der Waals surface area (Å²) in [4.78, 5) is 0. The molecule has 4 heteroatoms. The Hall–Kier alpha value is -0.540. The van der Waals surface area contributed by atoms with Crippen molar-refractivity contribution >= 4 is 11.6 Å². The Bertz CT molecular complexity index is 342. The van der Waals surface area contributed by atoms with Crippen LogP contribution in [0.2, 0.25) is 5.02 Å². The Labute approximate surface area is 109 Å². The molecule has 2 rings (SSSR count). The number of nitrogens with one attached hydrogen (secondary N) is 1. The lowest BCUT2D eigenvalue weighted by Crippen LogP contribution is -2.30. The highest BCUT2D eigenvalue weighted by Gasteiger charge is 2.29. The highest BCUT2D eigenvalue weighted by Crippen LogP contribution is 2.39. The molecule has 1 saturated carbocycles. The van der Waals surface area contributed by atoms with Crippen LogP contribution in [0.5, 0.6) is 0 Å². The van der Waals surface area contributed by atoms with E-state index in [1.54, 1.807) is 6.20 Å². The molecule has 1 aliphatic carbocycles. The molecule has 1 aliphatic rings. The molecule has 1 N–H and O–H groups in total. The molecule has 2 atom stereocenters. The second-order valence-corrected chi connectivity index (χ2v) is 5.37. The van der Waals surface area contributed by atoms with E-state index in [-0.39, 0.29) is 0 Å². The van der Waals surface area contributed by atoms with Gasteiger partial charge in [-0.25, -0.2) is 0 Å². The van der Waals surface area contributed by atoms with Crippen LogP contribution >= 0.6 is 11.6 Å². The molecular weight excluding hydrogens is 234 g/mol. The van der Waals surface area contributed by atoms with E-state index in [0.29, 0.717) is 11.8 Å². The first kappa shape index (κ1) is 12.9. The number of aromatic nitrogens is 2. The number of hydrogen-bond acceptors (Lipinski definition) is 2. The standard InChI is InChI=1S/C13H22ClN3/c1-3-15-8-10-6-4-5-7-11(10)13-12(14)9-16-17(13)2/h9-11,15H,3-8H2,1-2H3. The van der Waals surface area contributed by atoms with Crippen LogP contribution in [0, 0.1) is 5.92 Å². The molecule has 96 valence electrons. The van der Waals surface area contributed by atoms with Gasteiger partial charge >= 0.3 is 0 Å². The topological polar surface area (TPSA) is 29.9 Å². The molecule has 0 bridgehead atoms. The van der Waals surface area contributed by atoms with Crippen LogP contribution in [0.4, 0.5) is 0 Å². The van der Waals surface area contributed by atoms with Crippen molar-refractivity contribution in [2.45, 2.75) is 38.5 Å². The average Bonchev–Trinajstić information content (AvgIpc) is 2.67. The van der Waals surface area contributed by atoms with Crippen molar-refractivity contribution in [1.29, 1.82) is 0 Å². The third kappa shape index (κ3) is 2.83. The Morgan fingerprint density at radius 2 is 2.24 bits per heavy atom. The van der Waals surface area contributed by atoms with Crippen molar-refractivity contribution in [1.82, 2.24) is 15.1 Å². The van der Waals surface area contributed by atoms with E-state index in [1.807, 2.05) is 11.7 Å². The lowest BCUT2D eigenvalue weighted by Gasteiger charge is -2.32. The SMILES string of the molecule is CCNCC1CCCCC1c1c(Cl)cnn1C. The molecule has 2 unspecified atom stereocenters. The third-order valence-electron chi connectivity index (χ3n) is 3.85. The van der Waals surface area contributed by atoms with E-state index in [4.69, 9.17) is 11.6 Å². The van der Waals surface area contributed by atoms with Crippen LogP contribution in [0.15, 0.2) is 6.20 Å². The molecule has 0 amide bonds. The summed E-state index contributed by atoms with van der Waals surface area (Å²) in [6.45, 7) is 4.31. The third-order valence-corrected chi connectivity index (χ3v) is 4.15. The first-order chi connectivity index (χ1) is 8.24. The fourth-order valence-corrected chi connectivity index (χ4v) is 3.29. The summed E-state index contributed by atoms with van der Waals surface area (Å²) in [5.41, 5.74) is 1.23. The van der Waals surface area contributed by atoms with E-state index in [2.05, 4.69) is 17.3 Å². The van der Waals surface area contributed by atoms with Gasteiger partial charge in [-0.1, -0.05) is 31.4 Å². The van der Waals surface area contributed by atoms with Crippen molar-refractivity contribution in [2.24, 2.45) is 13.0 Å². The van der Waals surface area contributed by atoms with Gasteiger partial charge in [-0.3, -0.25) is 4.68 Å². The normalized spacial score (nSPS) is 25.1. The van der Waals surface area contributed by atoms with Gasteiger partial charge in [0.05, 0.1) is 16.9 Å². The molecule has 0 saturated heterocycles. The Morgan fingerprint density at radius 1 is 1.47 bits per heavy atom. The average molecular weight is 256 g/mol. The zero-order valence-corrected chi connectivity index (χ0v) is 11.5. The molecule has 1 heterocycles. The second kappa shape index (κ2) is 5.87. The highest BCUT2D eigenvalue weighted by atomic mass is 35.5. The monoisotopic (exact) mass is 255 g/mol. The van der Waals surface area contributed by atoms with Crippen LogP contribution in [-0.2, 0) is 7.05 Å². The van der Waals surface area contributed by atoms with Gasteiger partial charge in [0.25, 0.3) is 0 Å². The van der Waals surface area contributed by atoms with Crippen LogP contribution in [0.3, 0.4) is 0 Å². The molecular formula is C13H22ClN3. The summed E-state index contributed by atoms with van der Waals surface area (Å²) in [5.74, 6) is 1.28. The number of hydrogen-bond donors (Lipinski definition) is 1. The largest absolute Gasteiger partial charge is 0.317 e. The molecule has 0 aromatic carbocycles. The molecule has 1 aromatic rings. The van der Waals surface area contributed by atoms with Crippen LogP contribution in [0.25, 0.3) is 0 Å². The summed E-state index contributed by atoms with van der Waals surface area (Å²) >= 11 is 6.27. The maximum atomic E-state index is 6.27. The summed E-state index contributed by atoms with van der Waals surface area (Å²) in [5, 5.41) is 8.58. The van der Waals surface area contributed by atoms with Crippen LogP contribution in [0.1, 0.15) is 44.2 Å². The number of rotatable bonds is 4. The lowest BCUT2D eigenvalue weighted by atomic mass is 9.77. The van der Waals surface area contributed by atoms with E-state index in [0.717, 1.165) is 18.1 Å². The van der Waals surface area contributed by atoms with E-state index in [1.165, 1.54) is 31.4 Å². The molecule has 0 aliphatic heterocycles. The van der Waals surface area contributed by atoms with Crippen molar-refractivity contribution in [3.05, 3.63) is 16.9 Å². The minimum Gasteiger partial charge on any atom is -0.317 e. The van der Waals surface area contributed by atoms with Gasteiger partial charge in [-0.2, -0.15) is 5.10 Å². The Balaban J connectivity index is 2.15. The predicted molar refractivity (Wildman–Crippen MR) is 71.5 cm³/mol. The zero-order valence-electron chi connectivity index (χ0n) is 10.7. The fourth-order valence-electron chi connectivity index (χ4n) is 2.98. The minimum atomic E-state index is 0.572. The van der Waals surface area contributed by atoms with Crippen molar-refractivity contribution < 1.29 is 0 Å². The lowest BCUT2D eigenvalue weighted by molar-refractivity contribution is 0.287. The summed E-state index contributed by atoms with van der Waals surface area (Å²) in [6, 6.07) is 0. The van der Waals surface area contributed by atoms with Gasteiger partial charge in [-0.15, -0.1) is 0 Å². The quantitative estimate of drug-likeness (QED) is 0.897. The van der Waals surface area contributed by atoms with Crippen molar-refractivity contribution in [2.75, 3.05) is 13.1 Å². The first-order valence-electron chi connectivity index (χ1n) is 6.62. The smallest absolute Gasteiger partial charge is 0.0820 e. The minimum absolute atomic E-state index is 0.572. The second-order valence-electron chi connectivity index (χ2n) is 4.96. The number of nitrogens with zero attached hydrogens (tertiary/aromatic N) is 2. The molecule has 0 radical (unpaired) electrons. The van der Waals surface area contributed by atoms with Gasteiger partial charge in [0.15, 0.2) is 0 Å². The molecule has 0 spiro atoms. The Morgan fingerprint density at radius 3 is 2.88 bits per heavy atom. The van der Waals surface area contributed by atoms with Crippen LogP contribution < -0.4 is 5.32 Å². The maximum absolute atomic E-state index is 6.27. The predicted octanol–water partition coefficient (Wildman–Crippen LogP) is 2.96. The summed E-state index contributed by atoms with van der Waals surface area (Å²) in [6.07, 6.45) is 6.99. The van der Waals surface area contributed by atoms with Gasteiger partial charge < -0.3 is 5.32 Å². The van der Waals surface area contributed by atoms with Gasteiger partial charge in [-0.05, 0) is 31.8 Å². The molecule has 3 nitrogen and oxygen atoms in total. The Kier molecular flexibility index (Phi) is 4.46. The maximum Gasteiger partial charge on any atom is 0.0820 e. The van der Waals surface area contributed by atoms with Crippen LogP contribution in [-0.4, -0.2) is 22.9 Å².